The van der Waals surface area contributed by atoms with Gasteiger partial charge in [-0.15, -0.1) is 12.4 Å². The normalized spacial score (nSPS) is 11.5. The summed E-state index contributed by atoms with van der Waals surface area (Å²) in [6.45, 7) is 3.25. The van der Waals surface area contributed by atoms with E-state index in [1.165, 1.54) is 6.07 Å². The van der Waals surface area contributed by atoms with E-state index in [1.54, 1.807) is 12.1 Å². The summed E-state index contributed by atoms with van der Waals surface area (Å²) in [6.07, 6.45) is 1.25. The maximum Gasteiger partial charge on any atom is 0.222 e. The molecular formula is C14H22ClFN2O. The quantitative estimate of drug-likeness (QED) is 0.755. The first-order valence-electron chi connectivity index (χ1n) is 6.31. The van der Waals surface area contributed by atoms with Crippen molar-refractivity contribution in [1.82, 2.24) is 10.6 Å². The number of rotatable bonds is 7. The van der Waals surface area contributed by atoms with Crippen LogP contribution in [0, 0.1) is 11.7 Å². The molecule has 19 heavy (non-hydrogen) atoms. The number of carbonyl (C=O) groups is 1. The van der Waals surface area contributed by atoms with Crippen LogP contribution in [0.3, 0.4) is 0 Å². The Hall–Kier alpha value is -1.13. The SMILES string of the molecule is CNCCNC(=O)C(C)CCc1ccccc1F.Cl. The van der Waals surface area contributed by atoms with Gasteiger partial charge in [0.25, 0.3) is 0 Å². The second-order valence-electron chi connectivity index (χ2n) is 4.43. The van der Waals surface area contributed by atoms with Crippen LogP contribution >= 0.6 is 12.4 Å². The summed E-state index contributed by atoms with van der Waals surface area (Å²) in [6, 6.07) is 6.71. The molecule has 2 N–H and O–H groups in total. The molecule has 0 heterocycles. The molecule has 0 saturated heterocycles. The zero-order valence-corrected chi connectivity index (χ0v) is 12.2. The van der Waals surface area contributed by atoms with Gasteiger partial charge in [0.2, 0.25) is 5.91 Å². The van der Waals surface area contributed by atoms with E-state index < -0.39 is 0 Å². The van der Waals surface area contributed by atoms with E-state index in [4.69, 9.17) is 0 Å². The van der Waals surface area contributed by atoms with Crippen molar-refractivity contribution in [1.29, 1.82) is 0 Å². The first-order valence-corrected chi connectivity index (χ1v) is 6.31. The zero-order chi connectivity index (χ0) is 13.4. The molecule has 0 aliphatic carbocycles. The van der Waals surface area contributed by atoms with Crippen molar-refractivity contribution in [3.8, 4) is 0 Å². The van der Waals surface area contributed by atoms with Crippen molar-refractivity contribution >= 4 is 18.3 Å². The van der Waals surface area contributed by atoms with E-state index in [0.29, 0.717) is 24.9 Å². The lowest BCUT2D eigenvalue weighted by molar-refractivity contribution is -0.124. The topological polar surface area (TPSA) is 41.1 Å². The zero-order valence-electron chi connectivity index (χ0n) is 11.4. The summed E-state index contributed by atoms with van der Waals surface area (Å²) in [4.78, 5) is 11.7. The molecule has 0 radical (unpaired) electrons. The van der Waals surface area contributed by atoms with E-state index >= 15 is 0 Å². The maximum atomic E-state index is 13.4. The lowest BCUT2D eigenvalue weighted by Crippen LogP contribution is -2.34. The van der Waals surface area contributed by atoms with Crippen LogP contribution in [0.1, 0.15) is 18.9 Å². The van der Waals surface area contributed by atoms with Crippen molar-refractivity contribution in [2.24, 2.45) is 5.92 Å². The number of carbonyl (C=O) groups excluding carboxylic acids is 1. The molecular weight excluding hydrogens is 267 g/mol. The van der Waals surface area contributed by atoms with Crippen molar-refractivity contribution < 1.29 is 9.18 Å². The summed E-state index contributed by atoms with van der Waals surface area (Å²) < 4.78 is 13.4. The molecule has 5 heteroatoms. The molecule has 3 nitrogen and oxygen atoms in total. The van der Waals surface area contributed by atoms with Gasteiger partial charge in [-0.05, 0) is 31.5 Å². The average Bonchev–Trinajstić information content (AvgIpc) is 2.37. The van der Waals surface area contributed by atoms with Crippen LogP contribution in [-0.2, 0) is 11.2 Å². The van der Waals surface area contributed by atoms with Crippen LogP contribution in [0.25, 0.3) is 0 Å². The first kappa shape index (κ1) is 17.9. The Morgan fingerprint density at radius 1 is 1.32 bits per heavy atom. The van der Waals surface area contributed by atoms with Gasteiger partial charge in [0.15, 0.2) is 0 Å². The molecule has 0 fully saturated rings. The lowest BCUT2D eigenvalue weighted by atomic mass is 10.00. The smallest absolute Gasteiger partial charge is 0.222 e. The molecule has 1 aromatic carbocycles. The third-order valence-corrected chi connectivity index (χ3v) is 2.93. The van der Waals surface area contributed by atoms with Gasteiger partial charge in [-0.1, -0.05) is 25.1 Å². The molecule has 0 spiro atoms. The third-order valence-electron chi connectivity index (χ3n) is 2.93. The number of likely N-dealkylation sites (N-methyl/N-ethyl adjacent to an activating group) is 1. The van der Waals surface area contributed by atoms with Crippen molar-refractivity contribution in [2.75, 3.05) is 20.1 Å². The average molecular weight is 289 g/mol. The van der Waals surface area contributed by atoms with Gasteiger partial charge in [-0.3, -0.25) is 4.79 Å². The Kier molecular flexibility index (Phi) is 9.17. The molecule has 1 amide bonds. The monoisotopic (exact) mass is 288 g/mol. The highest BCUT2D eigenvalue weighted by atomic mass is 35.5. The minimum atomic E-state index is -0.194. The molecule has 1 atom stereocenters. The van der Waals surface area contributed by atoms with Gasteiger partial charge in [0, 0.05) is 19.0 Å². The number of halogens is 2. The number of hydrogen-bond donors (Lipinski definition) is 2. The Labute approximate surface area is 120 Å². The predicted molar refractivity (Wildman–Crippen MR) is 78.1 cm³/mol. The van der Waals surface area contributed by atoms with Crippen LogP contribution in [-0.4, -0.2) is 26.0 Å². The van der Waals surface area contributed by atoms with Crippen LogP contribution < -0.4 is 10.6 Å². The standard InChI is InChI=1S/C14H21FN2O.ClH/c1-11(14(18)17-10-9-16-2)7-8-12-5-3-4-6-13(12)15;/h3-6,11,16H,7-10H2,1-2H3,(H,17,18);1H. The van der Waals surface area contributed by atoms with Crippen molar-refractivity contribution in [3.05, 3.63) is 35.6 Å². The van der Waals surface area contributed by atoms with Gasteiger partial charge in [-0.2, -0.15) is 0 Å². The summed E-state index contributed by atoms with van der Waals surface area (Å²) in [5, 5.41) is 5.80. The molecule has 1 unspecified atom stereocenters. The molecule has 108 valence electrons. The molecule has 0 aromatic heterocycles. The summed E-state index contributed by atoms with van der Waals surface area (Å²) in [7, 11) is 1.84. The number of nitrogens with one attached hydrogen (secondary N) is 2. The lowest BCUT2D eigenvalue weighted by Gasteiger charge is -2.12. The second-order valence-corrected chi connectivity index (χ2v) is 4.43. The Morgan fingerprint density at radius 2 is 2.00 bits per heavy atom. The van der Waals surface area contributed by atoms with Crippen LogP contribution in [0.4, 0.5) is 4.39 Å². The summed E-state index contributed by atoms with van der Waals surface area (Å²) in [5.74, 6) is -0.261. The minimum absolute atomic E-state index is 0. The highest BCUT2D eigenvalue weighted by Gasteiger charge is 2.12. The molecule has 0 aliphatic rings. The van der Waals surface area contributed by atoms with E-state index in [2.05, 4.69) is 10.6 Å². The fourth-order valence-corrected chi connectivity index (χ4v) is 1.69. The van der Waals surface area contributed by atoms with Gasteiger partial charge in [0.1, 0.15) is 5.82 Å². The van der Waals surface area contributed by atoms with E-state index in [-0.39, 0.29) is 30.0 Å². The maximum absolute atomic E-state index is 13.4. The minimum Gasteiger partial charge on any atom is -0.355 e. The van der Waals surface area contributed by atoms with Gasteiger partial charge in [0.05, 0.1) is 0 Å². The largest absolute Gasteiger partial charge is 0.355 e. The summed E-state index contributed by atoms with van der Waals surface area (Å²) in [5.41, 5.74) is 0.673. The number of hydrogen-bond acceptors (Lipinski definition) is 2. The van der Waals surface area contributed by atoms with Crippen LogP contribution in [0.5, 0.6) is 0 Å². The Morgan fingerprint density at radius 3 is 2.63 bits per heavy atom. The fourth-order valence-electron chi connectivity index (χ4n) is 1.69. The molecule has 0 aliphatic heterocycles. The van der Waals surface area contributed by atoms with E-state index in [0.717, 1.165) is 6.54 Å². The number of benzene rings is 1. The number of aryl methyl sites for hydroxylation is 1. The number of amides is 1. The Bertz CT molecular complexity index is 387. The van der Waals surface area contributed by atoms with E-state index in [9.17, 15) is 9.18 Å². The second kappa shape index (κ2) is 9.75. The van der Waals surface area contributed by atoms with Crippen molar-refractivity contribution in [3.63, 3.8) is 0 Å². The van der Waals surface area contributed by atoms with E-state index in [1.807, 2.05) is 20.0 Å². The fraction of sp³-hybridized carbons (Fsp3) is 0.500. The predicted octanol–water partition coefficient (Wildman–Crippen LogP) is 2.15. The first-order chi connectivity index (χ1) is 8.65. The summed E-state index contributed by atoms with van der Waals surface area (Å²) >= 11 is 0. The molecule has 1 aromatic rings. The molecule has 1 rings (SSSR count). The van der Waals surface area contributed by atoms with Gasteiger partial charge >= 0.3 is 0 Å². The van der Waals surface area contributed by atoms with Crippen LogP contribution in [0.2, 0.25) is 0 Å². The van der Waals surface area contributed by atoms with Crippen molar-refractivity contribution in [2.45, 2.75) is 19.8 Å². The van der Waals surface area contributed by atoms with Gasteiger partial charge in [-0.25, -0.2) is 4.39 Å². The third kappa shape index (κ3) is 6.55. The molecule has 0 saturated carbocycles. The highest BCUT2D eigenvalue weighted by molar-refractivity contribution is 5.85. The Balaban J connectivity index is 0.00000324. The molecule has 0 bridgehead atoms. The van der Waals surface area contributed by atoms with Crippen LogP contribution in [0.15, 0.2) is 24.3 Å². The van der Waals surface area contributed by atoms with Gasteiger partial charge < -0.3 is 10.6 Å². The highest BCUT2D eigenvalue weighted by Crippen LogP contribution is 2.12.